The van der Waals surface area contributed by atoms with Crippen molar-refractivity contribution < 1.29 is 14.3 Å². The first-order valence-corrected chi connectivity index (χ1v) is 10.2. The molecule has 7 nitrogen and oxygen atoms in total. The van der Waals surface area contributed by atoms with Crippen LogP contribution in [-0.2, 0) is 0 Å². The van der Waals surface area contributed by atoms with Gasteiger partial charge in [-0.3, -0.25) is 0 Å². The lowest BCUT2D eigenvalue weighted by Gasteiger charge is -2.40. The Balaban J connectivity index is 1.38. The minimum atomic E-state index is -0.921. The molecule has 0 bridgehead atoms. The van der Waals surface area contributed by atoms with Crippen molar-refractivity contribution in [3.63, 3.8) is 0 Å². The molecule has 1 aromatic carbocycles. The molecule has 0 radical (unpaired) electrons. The van der Waals surface area contributed by atoms with E-state index < -0.39 is 6.09 Å². The lowest BCUT2D eigenvalue weighted by molar-refractivity contribution is 0.176. The molecule has 4 rings (SSSR count). The van der Waals surface area contributed by atoms with E-state index in [0.717, 1.165) is 57.2 Å². The van der Waals surface area contributed by atoms with E-state index in [4.69, 9.17) is 9.52 Å². The van der Waals surface area contributed by atoms with Crippen molar-refractivity contribution in [1.29, 1.82) is 0 Å². The zero-order valence-corrected chi connectivity index (χ0v) is 16.0. The van der Waals surface area contributed by atoms with Crippen LogP contribution in [0.5, 0.6) is 0 Å². The summed E-state index contributed by atoms with van der Waals surface area (Å²) >= 11 is 0. The van der Waals surface area contributed by atoms with Gasteiger partial charge in [-0.15, -0.1) is 0 Å². The van der Waals surface area contributed by atoms with Crippen molar-refractivity contribution in [3.05, 3.63) is 36.7 Å². The summed E-state index contributed by atoms with van der Waals surface area (Å²) in [7, 11) is 0. The molecule has 0 unspecified atom stereocenters. The highest BCUT2D eigenvalue weighted by Crippen LogP contribution is 2.26. The maximum atomic E-state index is 11.1. The van der Waals surface area contributed by atoms with E-state index in [9.17, 15) is 4.79 Å². The second kappa shape index (κ2) is 8.65. The van der Waals surface area contributed by atoms with E-state index in [2.05, 4.69) is 32.7 Å². The Bertz CT molecular complexity index is 762. The minimum Gasteiger partial charge on any atom is -0.465 e. The van der Waals surface area contributed by atoms with Crippen LogP contribution in [0, 0.1) is 0 Å². The predicted octanol–water partition coefficient (Wildman–Crippen LogP) is 3.48. The topological polar surface area (TPSA) is 90.6 Å². The molecular weight excluding hydrogens is 356 g/mol. The Labute approximate surface area is 165 Å². The monoisotopic (exact) mass is 384 g/mol. The van der Waals surface area contributed by atoms with Crippen LogP contribution >= 0.6 is 0 Å². The molecule has 1 saturated heterocycles. The fraction of sp³-hybridized carbons (Fsp3) is 0.524. The third-order valence-electron chi connectivity index (χ3n) is 5.86. The number of carboxylic acid groups (broad SMARTS) is 1. The first kappa shape index (κ1) is 18.8. The van der Waals surface area contributed by atoms with E-state index in [1.807, 2.05) is 12.1 Å². The van der Waals surface area contributed by atoms with Gasteiger partial charge in [-0.25, -0.2) is 9.78 Å². The first-order valence-electron chi connectivity index (χ1n) is 10.2. The van der Waals surface area contributed by atoms with Gasteiger partial charge >= 0.3 is 6.09 Å². The van der Waals surface area contributed by atoms with Gasteiger partial charge in [0.25, 0.3) is 0 Å². The Morgan fingerprint density at radius 2 is 1.89 bits per heavy atom. The van der Waals surface area contributed by atoms with Crippen LogP contribution in [0.2, 0.25) is 0 Å². The minimum absolute atomic E-state index is 0.0155. The maximum Gasteiger partial charge on any atom is 0.404 e. The normalized spacial score (nSPS) is 25.4. The number of oxazole rings is 1. The number of amides is 1. The highest BCUT2D eigenvalue weighted by Gasteiger charge is 2.30. The number of nitrogens with zero attached hydrogens (tertiary/aromatic N) is 2. The van der Waals surface area contributed by atoms with Gasteiger partial charge in [-0.1, -0.05) is 12.8 Å². The Morgan fingerprint density at radius 1 is 1.11 bits per heavy atom. The van der Waals surface area contributed by atoms with Gasteiger partial charge in [0.15, 0.2) is 0 Å². The number of aromatic nitrogens is 1. The molecule has 1 amide bonds. The molecule has 2 heterocycles. The molecule has 7 heteroatoms. The van der Waals surface area contributed by atoms with Gasteiger partial charge in [-0.2, -0.15) is 0 Å². The van der Waals surface area contributed by atoms with Crippen LogP contribution in [0.15, 0.2) is 41.1 Å². The number of benzene rings is 1. The molecule has 1 aliphatic carbocycles. The maximum absolute atomic E-state index is 11.1. The molecule has 1 aliphatic heterocycles. The van der Waals surface area contributed by atoms with E-state index in [0.29, 0.717) is 11.9 Å². The van der Waals surface area contributed by atoms with E-state index >= 15 is 0 Å². The molecule has 3 N–H and O–H groups in total. The summed E-state index contributed by atoms with van der Waals surface area (Å²) in [4.78, 5) is 17.7. The van der Waals surface area contributed by atoms with E-state index in [1.54, 1.807) is 12.5 Å². The second-order valence-electron chi connectivity index (χ2n) is 7.78. The van der Waals surface area contributed by atoms with Crippen molar-refractivity contribution in [2.45, 2.75) is 56.7 Å². The van der Waals surface area contributed by atoms with Crippen LogP contribution in [0.1, 0.15) is 38.5 Å². The number of rotatable bonds is 5. The molecule has 2 aromatic rings. The smallest absolute Gasteiger partial charge is 0.404 e. The van der Waals surface area contributed by atoms with Crippen LogP contribution in [0.25, 0.3) is 11.5 Å². The van der Waals surface area contributed by atoms with Gasteiger partial charge in [0.2, 0.25) is 5.89 Å². The third-order valence-corrected chi connectivity index (χ3v) is 5.86. The number of piperidine rings is 1. The fourth-order valence-corrected chi connectivity index (χ4v) is 4.49. The summed E-state index contributed by atoms with van der Waals surface area (Å²) in [5.74, 6) is 0.638. The molecule has 2 aliphatic rings. The lowest BCUT2D eigenvalue weighted by atomic mass is 9.89. The van der Waals surface area contributed by atoms with Gasteiger partial charge in [0.05, 0.1) is 6.20 Å². The molecule has 2 fully saturated rings. The average molecular weight is 384 g/mol. The largest absolute Gasteiger partial charge is 0.465 e. The molecule has 3 atom stereocenters. The average Bonchev–Trinajstić information content (AvgIpc) is 3.24. The number of anilines is 1. The molecular formula is C21H28N4O3. The first-order chi connectivity index (χ1) is 13.7. The summed E-state index contributed by atoms with van der Waals surface area (Å²) in [6.45, 7) is 1.98. The molecule has 1 aromatic heterocycles. The third kappa shape index (κ3) is 4.47. The Hall–Kier alpha value is -2.54. The van der Waals surface area contributed by atoms with E-state index in [-0.39, 0.29) is 12.1 Å². The van der Waals surface area contributed by atoms with Gasteiger partial charge < -0.3 is 25.1 Å². The SMILES string of the molecule is O=C(O)N[C@@H]1CCCC[C@H]1N[C@H]1CCCN(c2ccc(-c3ncco3)cc2)C1. The quantitative estimate of drug-likeness (QED) is 0.731. The summed E-state index contributed by atoms with van der Waals surface area (Å²) in [6, 6.07) is 8.96. The van der Waals surface area contributed by atoms with Crippen molar-refractivity contribution >= 4 is 11.8 Å². The van der Waals surface area contributed by atoms with Crippen LogP contribution < -0.4 is 15.5 Å². The van der Waals surface area contributed by atoms with Gasteiger partial charge in [-0.05, 0) is 49.9 Å². The number of nitrogens with one attached hydrogen (secondary N) is 2. The number of carbonyl (C=O) groups is 1. The summed E-state index contributed by atoms with van der Waals surface area (Å²) in [5, 5.41) is 15.6. The second-order valence-corrected chi connectivity index (χ2v) is 7.78. The zero-order valence-electron chi connectivity index (χ0n) is 16.0. The van der Waals surface area contributed by atoms with Gasteiger partial charge in [0.1, 0.15) is 6.26 Å². The molecule has 0 spiro atoms. The molecule has 28 heavy (non-hydrogen) atoms. The standard InChI is InChI=1S/C21H28N4O3/c26-21(27)24-19-6-2-1-5-18(19)23-16-4-3-12-25(14-16)17-9-7-15(8-10-17)20-22-11-13-28-20/h7-11,13,16,18-19,23-24H,1-6,12,14H2,(H,26,27)/t16-,18+,19+/m0/s1. The Morgan fingerprint density at radius 3 is 2.61 bits per heavy atom. The summed E-state index contributed by atoms with van der Waals surface area (Å²) in [6.07, 6.45) is 8.78. The van der Waals surface area contributed by atoms with Crippen LogP contribution in [0.3, 0.4) is 0 Å². The highest BCUT2D eigenvalue weighted by molar-refractivity contribution is 5.65. The lowest BCUT2D eigenvalue weighted by Crippen LogP contribution is -2.57. The zero-order chi connectivity index (χ0) is 19.3. The number of hydrogen-bond donors (Lipinski definition) is 3. The number of hydrogen-bond acceptors (Lipinski definition) is 5. The van der Waals surface area contributed by atoms with Crippen molar-refractivity contribution in [1.82, 2.24) is 15.6 Å². The fourth-order valence-electron chi connectivity index (χ4n) is 4.49. The van der Waals surface area contributed by atoms with Crippen LogP contribution in [0.4, 0.5) is 10.5 Å². The Kier molecular flexibility index (Phi) is 5.81. The van der Waals surface area contributed by atoms with Crippen molar-refractivity contribution in [2.75, 3.05) is 18.0 Å². The van der Waals surface area contributed by atoms with Crippen molar-refractivity contribution in [2.24, 2.45) is 0 Å². The van der Waals surface area contributed by atoms with Gasteiger partial charge in [0, 0.05) is 42.5 Å². The predicted molar refractivity (Wildman–Crippen MR) is 108 cm³/mol. The summed E-state index contributed by atoms with van der Waals surface area (Å²) < 4.78 is 5.36. The van der Waals surface area contributed by atoms with E-state index in [1.165, 1.54) is 5.69 Å². The summed E-state index contributed by atoms with van der Waals surface area (Å²) in [5.41, 5.74) is 2.18. The van der Waals surface area contributed by atoms with Crippen molar-refractivity contribution in [3.8, 4) is 11.5 Å². The molecule has 150 valence electrons. The molecule has 1 saturated carbocycles. The van der Waals surface area contributed by atoms with Crippen LogP contribution in [-0.4, -0.2) is 47.4 Å². The highest BCUT2D eigenvalue weighted by atomic mass is 16.4.